The third-order valence-corrected chi connectivity index (χ3v) is 5.99. The second-order valence-electron chi connectivity index (χ2n) is 6.67. The van der Waals surface area contributed by atoms with Crippen LogP contribution < -0.4 is 0 Å². The summed E-state index contributed by atoms with van der Waals surface area (Å²) in [7, 11) is 0. The first-order valence-corrected chi connectivity index (χ1v) is 9.69. The number of hydrogen-bond acceptors (Lipinski definition) is 2. The Labute approximate surface area is 144 Å². The van der Waals surface area contributed by atoms with E-state index in [1.807, 2.05) is 6.07 Å². The van der Waals surface area contributed by atoms with Crippen LogP contribution in [0.4, 0.5) is 0 Å². The summed E-state index contributed by atoms with van der Waals surface area (Å²) in [5.41, 5.74) is 0.929. The fourth-order valence-corrected chi connectivity index (χ4v) is 4.29. The molecular formula is C21H26OS. The van der Waals surface area contributed by atoms with Crippen LogP contribution in [0.2, 0.25) is 0 Å². The van der Waals surface area contributed by atoms with Gasteiger partial charge in [0.1, 0.15) is 0 Å². The summed E-state index contributed by atoms with van der Waals surface area (Å²) in [6.07, 6.45) is 6.72. The summed E-state index contributed by atoms with van der Waals surface area (Å²) in [5, 5.41) is 11.1. The first-order chi connectivity index (χ1) is 11.3. The van der Waals surface area contributed by atoms with Crippen LogP contribution in [0.1, 0.15) is 37.7 Å². The first kappa shape index (κ1) is 16.6. The van der Waals surface area contributed by atoms with Crippen molar-refractivity contribution < 1.29 is 5.11 Å². The van der Waals surface area contributed by atoms with Gasteiger partial charge in [-0.25, -0.2) is 0 Å². The van der Waals surface area contributed by atoms with Gasteiger partial charge in [0.05, 0.1) is 5.60 Å². The Morgan fingerprint density at radius 1 is 0.913 bits per heavy atom. The Kier molecular flexibility index (Phi) is 5.80. The van der Waals surface area contributed by atoms with E-state index < -0.39 is 5.60 Å². The zero-order valence-electron chi connectivity index (χ0n) is 13.7. The maximum Gasteiger partial charge on any atom is 0.0769 e. The number of thioether (sulfide) groups is 1. The monoisotopic (exact) mass is 326 g/mol. The van der Waals surface area contributed by atoms with E-state index in [2.05, 4.69) is 54.6 Å². The fourth-order valence-electron chi connectivity index (χ4n) is 3.14. The van der Waals surface area contributed by atoms with E-state index in [9.17, 15) is 5.11 Å². The Bertz CT molecular complexity index is 579. The van der Waals surface area contributed by atoms with Crippen LogP contribution in [0.15, 0.2) is 65.6 Å². The van der Waals surface area contributed by atoms with Crippen molar-refractivity contribution in [1.29, 1.82) is 0 Å². The molecule has 1 N–H and O–H groups in total. The number of benzene rings is 2. The molecule has 122 valence electrons. The molecule has 2 heteroatoms. The maximum atomic E-state index is 11.1. The molecule has 0 bridgehead atoms. The minimum absolute atomic E-state index is 0.475. The average Bonchev–Trinajstić information content (AvgIpc) is 3.45. The van der Waals surface area contributed by atoms with Gasteiger partial charge in [0, 0.05) is 10.6 Å². The normalized spacial score (nSPS) is 16.9. The molecule has 0 aliphatic heterocycles. The Hall–Kier alpha value is -1.25. The minimum atomic E-state index is -0.475. The number of aliphatic hydroxyl groups is 1. The van der Waals surface area contributed by atoms with E-state index in [0.29, 0.717) is 5.92 Å². The molecule has 0 spiro atoms. The van der Waals surface area contributed by atoms with Crippen molar-refractivity contribution in [3.05, 3.63) is 66.2 Å². The van der Waals surface area contributed by atoms with Crippen LogP contribution in [0, 0.1) is 5.92 Å². The highest BCUT2D eigenvalue weighted by atomic mass is 32.2. The molecule has 1 nitrogen and oxygen atoms in total. The summed E-state index contributed by atoms with van der Waals surface area (Å²) < 4.78 is 0. The van der Waals surface area contributed by atoms with Crippen LogP contribution in [0.5, 0.6) is 0 Å². The number of rotatable bonds is 9. The first-order valence-electron chi connectivity index (χ1n) is 8.70. The van der Waals surface area contributed by atoms with Gasteiger partial charge in [0.25, 0.3) is 0 Å². The van der Waals surface area contributed by atoms with E-state index in [-0.39, 0.29) is 0 Å². The van der Waals surface area contributed by atoms with Crippen molar-refractivity contribution in [3.8, 4) is 0 Å². The third-order valence-electron chi connectivity index (χ3n) is 4.74. The quantitative estimate of drug-likeness (QED) is 0.496. The summed E-state index contributed by atoms with van der Waals surface area (Å²) in [4.78, 5) is 1.26. The molecular weight excluding hydrogens is 300 g/mol. The maximum absolute atomic E-state index is 11.1. The lowest BCUT2D eigenvalue weighted by Gasteiger charge is -2.28. The minimum Gasteiger partial charge on any atom is -0.389 e. The summed E-state index contributed by atoms with van der Waals surface area (Å²) in [5.74, 6) is 1.35. The SMILES string of the molecule is OC(CCCCc1ccccc1)(CSc1ccccc1)C1CC1. The van der Waals surface area contributed by atoms with Crippen LogP contribution in [0.25, 0.3) is 0 Å². The van der Waals surface area contributed by atoms with Crippen molar-refractivity contribution in [2.45, 2.75) is 49.0 Å². The highest BCUT2D eigenvalue weighted by molar-refractivity contribution is 7.99. The van der Waals surface area contributed by atoms with Crippen LogP contribution in [0.3, 0.4) is 0 Å². The third kappa shape index (κ3) is 5.12. The lowest BCUT2D eigenvalue weighted by molar-refractivity contribution is 0.0306. The van der Waals surface area contributed by atoms with Crippen molar-refractivity contribution >= 4 is 11.8 Å². The van der Waals surface area contributed by atoms with Gasteiger partial charge in [-0.2, -0.15) is 0 Å². The number of unbranched alkanes of at least 4 members (excludes halogenated alkanes) is 1. The van der Waals surface area contributed by atoms with Gasteiger partial charge < -0.3 is 5.11 Å². The predicted octanol–water partition coefficient (Wildman–Crippen LogP) is 5.33. The van der Waals surface area contributed by atoms with Gasteiger partial charge in [0.2, 0.25) is 0 Å². The zero-order chi connectivity index (χ0) is 16.0. The van der Waals surface area contributed by atoms with E-state index in [4.69, 9.17) is 0 Å². The summed E-state index contributed by atoms with van der Waals surface area (Å²) in [6.45, 7) is 0. The summed E-state index contributed by atoms with van der Waals surface area (Å²) >= 11 is 1.80. The molecule has 1 unspecified atom stereocenters. The lowest BCUT2D eigenvalue weighted by Crippen LogP contribution is -2.34. The van der Waals surface area contributed by atoms with Gasteiger partial charge in [-0.3, -0.25) is 0 Å². The van der Waals surface area contributed by atoms with Crippen LogP contribution in [-0.4, -0.2) is 16.5 Å². The number of hydrogen-bond donors (Lipinski definition) is 1. The van der Waals surface area contributed by atoms with Gasteiger partial charge in [-0.05, 0) is 55.7 Å². The van der Waals surface area contributed by atoms with E-state index in [1.165, 1.54) is 23.3 Å². The standard InChI is InChI=1S/C21H26OS/c22-21(19-14-15-19,17-23-20-12-5-2-6-13-20)16-8-7-11-18-9-3-1-4-10-18/h1-6,9-10,12-13,19,22H,7-8,11,14-17H2. The largest absolute Gasteiger partial charge is 0.389 e. The van der Waals surface area contributed by atoms with Gasteiger partial charge in [-0.15, -0.1) is 11.8 Å². The number of aryl methyl sites for hydroxylation is 1. The molecule has 0 aromatic heterocycles. The van der Waals surface area contributed by atoms with E-state index in [1.54, 1.807) is 11.8 Å². The Balaban J connectivity index is 1.46. The molecule has 2 aromatic carbocycles. The fraction of sp³-hybridized carbons (Fsp3) is 0.429. The molecule has 0 radical (unpaired) electrons. The van der Waals surface area contributed by atoms with E-state index in [0.717, 1.165) is 31.4 Å². The Morgan fingerprint density at radius 3 is 2.22 bits per heavy atom. The second-order valence-corrected chi connectivity index (χ2v) is 7.72. The predicted molar refractivity (Wildman–Crippen MR) is 98.8 cm³/mol. The molecule has 1 aliphatic carbocycles. The molecule has 0 saturated heterocycles. The van der Waals surface area contributed by atoms with Gasteiger partial charge in [-0.1, -0.05) is 55.0 Å². The molecule has 3 rings (SSSR count). The molecule has 23 heavy (non-hydrogen) atoms. The molecule has 0 heterocycles. The Morgan fingerprint density at radius 2 is 1.57 bits per heavy atom. The highest BCUT2D eigenvalue weighted by Gasteiger charge is 2.42. The molecule has 1 fully saturated rings. The van der Waals surface area contributed by atoms with E-state index >= 15 is 0 Å². The topological polar surface area (TPSA) is 20.2 Å². The second kappa shape index (κ2) is 8.03. The van der Waals surface area contributed by atoms with Gasteiger partial charge >= 0.3 is 0 Å². The van der Waals surface area contributed by atoms with Crippen LogP contribution in [-0.2, 0) is 6.42 Å². The lowest BCUT2D eigenvalue weighted by atomic mass is 9.92. The van der Waals surface area contributed by atoms with Gasteiger partial charge in [0.15, 0.2) is 0 Å². The summed E-state index contributed by atoms with van der Waals surface area (Å²) in [6, 6.07) is 21.1. The average molecular weight is 327 g/mol. The van der Waals surface area contributed by atoms with Crippen molar-refractivity contribution in [1.82, 2.24) is 0 Å². The molecule has 1 aliphatic rings. The highest BCUT2D eigenvalue weighted by Crippen LogP contribution is 2.44. The molecule has 1 saturated carbocycles. The van der Waals surface area contributed by atoms with Crippen LogP contribution >= 0.6 is 11.8 Å². The van der Waals surface area contributed by atoms with Crippen molar-refractivity contribution in [2.75, 3.05) is 5.75 Å². The molecule has 2 aromatic rings. The van der Waals surface area contributed by atoms with Crippen molar-refractivity contribution in [3.63, 3.8) is 0 Å². The van der Waals surface area contributed by atoms with Crippen molar-refractivity contribution in [2.24, 2.45) is 5.92 Å². The zero-order valence-corrected chi connectivity index (χ0v) is 14.5. The molecule has 0 amide bonds. The molecule has 1 atom stereocenters. The smallest absolute Gasteiger partial charge is 0.0769 e.